The van der Waals surface area contributed by atoms with Crippen LogP contribution in [-0.4, -0.2) is 5.78 Å². The summed E-state index contributed by atoms with van der Waals surface area (Å²) in [5.41, 5.74) is -0.0556. The summed E-state index contributed by atoms with van der Waals surface area (Å²) in [6, 6.07) is 0. The summed E-state index contributed by atoms with van der Waals surface area (Å²) >= 11 is 0. The van der Waals surface area contributed by atoms with E-state index in [1.54, 1.807) is 6.92 Å². The first-order chi connectivity index (χ1) is 4.06. The average molecular weight is 128 g/mol. The molecule has 0 atom stereocenters. The molecule has 0 aromatic carbocycles. The summed E-state index contributed by atoms with van der Waals surface area (Å²) in [4.78, 5) is 10.9. The van der Waals surface area contributed by atoms with Crippen molar-refractivity contribution in [3.05, 3.63) is 0 Å². The van der Waals surface area contributed by atoms with Crippen LogP contribution in [0, 0.1) is 5.41 Å². The zero-order valence-corrected chi connectivity index (χ0v) is 6.82. The molecule has 54 valence electrons. The molecule has 0 N–H and O–H groups in total. The van der Waals surface area contributed by atoms with Gasteiger partial charge in [-0.1, -0.05) is 20.8 Å². The second-order valence-electron chi connectivity index (χ2n) is 2.82. The van der Waals surface area contributed by atoms with E-state index in [0.29, 0.717) is 5.78 Å². The van der Waals surface area contributed by atoms with Crippen molar-refractivity contribution in [1.29, 1.82) is 0 Å². The van der Waals surface area contributed by atoms with E-state index in [9.17, 15) is 4.79 Å². The number of hydrogen-bond donors (Lipinski definition) is 0. The molecule has 0 saturated carbocycles. The maximum absolute atomic E-state index is 10.9. The number of rotatable bonds is 3. The Morgan fingerprint density at radius 2 is 1.67 bits per heavy atom. The van der Waals surface area contributed by atoms with E-state index in [1.165, 1.54) is 0 Å². The van der Waals surface area contributed by atoms with Crippen molar-refractivity contribution >= 4 is 5.78 Å². The summed E-state index contributed by atoms with van der Waals surface area (Å²) in [6.45, 7) is 7.82. The van der Waals surface area contributed by atoms with Gasteiger partial charge in [-0.05, 0) is 19.8 Å². The number of carbonyl (C=O) groups is 1. The fraction of sp³-hybridized carbons (Fsp3) is 0.875. The zero-order valence-electron chi connectivity index (χ0n) is 6.82. The number of carbonyl (C=O) groups excluding carboxylic acids is 1. The van der Waals surface area contributed by atoms with Crippen molar-refractivity contribution in [2.45, 2.75) is 40.5 Å². The van der Waals surface area contributed by atoms with Crippen LogP contribution in [0.4, 0.5) is 0 Å². The second kappa shape index (κ2) is 3.00. The van der Waals surface area contributed by atoms with Gasteiger partial charge in [0.1, 0.15) is 5.78 Å². The first kappa shape index (κ1) is 8.67. The van der Waals surface area contributed by atoms with Gasteiger partial charge in [-0.15, -0.1) is 0 Å². The van der Waals surface area contributed by atoms with Gasteiger partial charge in [-0.3, -0.25) is 4.79 Å². The molecule has 0 heterocycles. The molecule has 0 aliphatic carbocycles. The highest BCUT2D eigenvalue weighted by molar-refractivity contribution is 5.81. The Balaban J connectivity index is 4.09. The maximum atomic E-state index is 10.9. The predicted octanol–water partition coefficient (Wildman–Crippen LogP) is 2.40. The first-order valence-corrected chi connectivity index (χ1v) is 3.58. The van der Waals surface area contributed by atoms with Crippen molar-refractivity contribution in [2.24, 2.45) is 5.41 Å². The molecule has 1 nitrogen and oxygen atoms in total. The van der Waals surface area contributed by atoms with Crippen LogP contribution in [-0.2, 0) is 4.79 Å². The maximum Gasteiger partial charge on any atom is 0.135 e. The van der Waals surface area contributed by atoms with Gasteiger partial charge in [-0.2, -0.15) is 0 Å². The molecule has 0 aliphatic rings. The van der Waals surface area contributed by atoms with E-state index >= 15 is 0 Å². The lowest BCUT2D eigenvalue weighted by Crippen LogP contribution is -2.23. The third kappa shape index (κ3) is 1.81. The average Bonchev–Trinajstić information content (AvgIpc) is 1.86. The third-order valence-electron chi connectivity index (χ3n) is 2.41. The smallest absolute Gasteiger partial charge is 0.135 e. The quantitative estimate of drug-likeness (QED) is 0.570. The molecule has 0 amide bonds. The Hall–Kier alpha value is -0.330. The van der Waals surface area contributed by atoms with Gasteiger partial charge in [0.15, 0.2) is 0 Å². The minimum atomic E-state index is -0.0556. The van der Waals surface area contributed by atoms with E-state index in [1.807, 2.05) is 6.92 Å². The van der Waals surface area contributed by atoms with E-state index in [4.69, 9.17) is 0 Å². The summed E-state index contributed by atoms with van der Waals surface area (Å²) in [5, 5.41) is 0. The standard InChI is InChI=1S/C8H16O/c1-5-8(4,6-2)7(3)9/h5-6H2,1-4H3. The Labute approximate surface area is 57.5 Å². The molecule has 0 aromatic heterocycles. The van der Waals surface area contributed by atoms with Crippen LogP contribution in [0.5, 0.6) is 0 Å². The van der Waals surface area contributed by atoms with Crippen molar-refractivity contribution in [1.82, 2.24) is 0 Å². The molecule has 9 heavy (non-hydrogen) atoms. The summed E-state index contributed by atoms with van der Waals surface area (Å²) in [7, 11) is 0. The fourth-order valence-electron chi connectivity index (χ4n) is 0.748. The van der Waals surface area contributed by atoms with E-state index in [-0.39, 0.29) is 5.41 Å². The van der Waals surface area contributed by atoms with Gasteiger partial charge < -0.3 is 0 Å². The van der Waals surface area contributed by atoms with Crippen LogP contribution in [0.15, 0.2) is 0 Å². The fourth-order valence-corrected chi connectivity index (χ4v) is 0.748. The number of ketones is 1. The highest BCUT2D eigenvalue weighted by Gasteiger charge is 2.24. The summed E-state index contributed by atoms with van der Waals surface area (Å²) in [5.74, 6) is 0.313. The Bertz CT molecular complexity index is 101. The largest absolute Gasteiger partial charge is 0.299 e. The van der Waals surface area contributed by atoms with Crippen molar-refractivity contribution < 1.29 is 4.79 Å². The minimum absolute atomic E-state index is 0.0556. The molecule has 0 unspecified atom stereocenters. The topological polar surface area (TPSA) is 17.1 Å². The molecular formula is C8H16O. The molecular weight excluding hydrogens is 112 g/mol. The number of hydrogen-bond acceptors (Lipinski definition) is 1. The summed E-state index contributed by atoms with van der Waals surface area (Å²) < 4.78 is 0. The van der Waals surface area contributed by atoms with Crippen LogP contribution < -0.4 is 0 Å². The zero-order chi connectivity index (χ0) is 7.49. The molecule has 0 aliphatic heterocycles. The van der Waals surface area contributed by atoms with Gasteiger partial charge in [0, 0.05) is 5.41 Å². The molecule has 0 saturated heterocycles. The van der Waals surface area contributed by atoms with Crippen LogP contribution in [0.3, 0.4) is 0 Å². The third-order valence-corrected chi connectivity index (χ3v) is 2.41. The summed E-state index contributed by atoms with van der Waals surface area (Å²) in [6.07, 6.45) is 1.91. The Kier molecular flexibility index (Phi) is 2.89. The van der Waals surface area contributed by atoms with Gasteiger partial charge in [0.25, 0.3) is 0 Å². The number of Topliss-reactive ketones (excluding diaryl/α,β-unsaturated/α-hetero) is 1. The molecule has 0 fully saturated rings. The minimum Gasteiger partial charge on any atom is -0.299 e. The van der Waals surface area contributed by atoms with Gasteiger partial charge >= 0.3 is 0 Å². The normalized spacial score (nSPS) is 11.6. The van der Waals surface area contributed by atoms with Gasteiger partial charge in [0.2, 0.25) is 0 Å². The van der Waals surface area contributed by atoms with E-state index in [0.717, 1.165) is 12.8 Å². The highest BCUT2D eigenvalue weighted by Crippen LogP contribution is 2.25. The van der Waals surface area contributed by atoms with Gasteiger partial charge in [0.05, 0.1) is 0 Å². The van der Waals surface area contributed by atoms with Crippen LogP contribution in [0.25, 0.3) is 0 Å². The van der Waals surface area contributed by atoms with Crippen LogP contribution in [0.1, 0.15) is 40.5 Å². The van der Waals surface area contributed by atoms with E-state index in [2.05, 4.69) is 13.8 Å². The molecule has 0 bridgehead atoms. The molecule has 0 spiro atoms. The Morgan fingerprint density at radius 1 is 1.33 bits per heavy atom. The lowest BCUT2D eigenvalue weighted by atomic mass is 9.81. The first-order valence-electron chi connectivity index (χ1n) is 3.58. The SMILES string of the molecule is CCC(C)(CC)C(C)=O. The molecule has 1 heteroatoms. The van der Waals surface area contributed by atoms with Crippen LogP contribution >= 0.6 is 0 Å². The van der Waals surface area contributed by atoms with E-state index < -0.39 is 0 Å². The monoisotopic (exact) mass is 128 g/mol. The molecule has 0 aromatic rings. The van der Waals surface area contributed by atoms with Crippen LogP contribution in [0.2, 0.25) is 0 Å². The lowest BCUT2D eigenvalue weighted by molar-refractivity contribution is -0.126. The second-order valence-corrected chi connectivity index (χ2v) is 2.82. The lowest BCUT2D eigenvalue weighted by Gasteiger charge is -2.22. The van der Waals surface area contributed by atoms with Gasteiger partial charge in [-0.25, -0.2) is 0 Å². The van der Waals surface area contributed by atoms with Crippen molar-refractivity contribution in [2.75, 3.05) is 0 Å². The Morgan fingerprint density at radius 3 is 1.67 bits per heavy atom. The highest BCUT2D eigenvalue weighted by atomic mass is 16.1. The van der Waals surface area contributed by atoms with Crippen molar-refractivity contribution in [3.63, 3.8) is 0 Å². The van der Waals surface area contributed by atoms with Crippen molar-refractivity contribution in [3.8, 4) is 0 Å². The molecule has 0 radical (unpaired) electrons. The molecule has 0 rings (SSSR count). The predicted molar refractivity (Wildman–Crippen MR) is 39.4 cm³/mol.